The predicted octanol–water partition coefficient (Wildman–Crippen LogP) is 5.16. The lowest BCUT2D eigenvalue weighted by Crippen LogP contribution is -2.34. The molecular weight excluding hydrogens is 398 g/mol. The quantitative estimate of drug-likeness (QED) is 0.517. The summed E-state index contributed by atoms with van der Waals surface area (Å²) in [6.07, 6.45) is 6.64. The Kier molecular flexibility index (Phi) is 7.00. The molecule has 1 fully saturated rings. The second kappa shape index (κ2) is 10.1. The molecular formula is C26H33N5O. The van der Waals surface area contributed by atoms with E-state index in [4.69, 9.17) is 5.10 Å². The van der Waals surface area contributed by atoms with Gasteiger partial charge in [0.2, 0.25) is 5.91 Å². The fraction of sp³-hybridized carbons (Fsp3) is 0.423. The molecule has 2 N–H and O–H groups in total. The summed E-state index contributed by atoms with van der Waals surface area (Å²) >= 11 is 0. The van der Waals surface area contributed by atoms with E-state index in [1.807, 2.05) is 53.3 Å². The van der Waals surface area contributed by atoms with Gasteiger partial charge in [-0.1, -0.05) is 51.0 Å². The first-order chi connectivity index (χ1) is 15.5. The van der Waals surface area contributed by atoms with Crippen LogP contribution in [-0.2, 0) is 4.79 Å². The molecule has 0 radical (unpaired) electrons. The lowest BCUT2D eigenvalue weighted by atomic mass is 9.97. The van der Waals surface area contributed by atoms with Gasteiger partial charge in [-0.25, -0.2) is 4.68 Å². The fourth-order valence-corrected chi connectivity index (χ4v) is 4.54. The first-order valence-corrected chi connectivity index (χ1v) is 11.6. The second-order valence-electron chi connectivity index (χ2n) is 9.04. The van der Waals surface area contributed by atoms with Crippen molar-refractivity contribution in [3.8, 4) is 5.69 Å². The Morgan fingerprint density at radius 1 is 1.12 bits per heavy atom. The summed E-state index contributed by atoms with van der Waals surface area (Å²) in [5, 5.41) is 11.4. The molecule has 6 nitrogen and oxygen atoms in total. The highest BCUT2D eigenvalue weighted by atomic mass is 16.2. The van der Waals surface area contributed by atoms with Crippen LogP contribution in [0.2, 0.25) is 0 Å². The number of carbonyl (C=O) groups excluding carboxylic acids is 1. The van der Waals surface area contributed by atoms with Gasteiger partial charge in [0.1, 0.15) is 5.82 Å². The highest BCUT2D eigenvalue weighted by Crippen LogP contribution is 2.35. The smallest absolute Gasteiger partial charge is 0.239 e. The Morgan fingerprint density at radius 2 is 1.88 bits per heavy atom. The zero-order valence-corrected chi connectivity index (χ0v) is 19.2. The van der Waals surface area contributed by atoms with Gasteiger partial charge in [-0.2, -0.15) is 5.10 Å². The molecule has 0 spiro atoms. The molecule has 2 aromatic heterocycles. The van der Waals surface area contributed by atoms with Gasteiger partial charge in [0, 0.05) is 18.2 Å². The van der Waals surface area contributed by atoms with Crippen molar-refractivity contribution in [3.63, 3.8) is 0 Å². The predicted molar refractivity (Wildman–Crippen MR) is 128 cm³/mol. The van der Waals surface area contributed by atoms with Crippen LogP contribution in [0, 0.1) is 12.8 Å². The van der Waals surface area contributed by atoms with Gasteiger partial charge in [-0.15, -0.1) is 0 Å². The molecule has 32 heavy (non-hydrogen) atoms. The van der Waals surface area contributed by atoms with Gasteiger partial charge < -0.3 is 5.32 Å². The summed E-state index contributed by atoms with van der Waals surface area (Å²) in [6, 6.07) is 16.0. The number of aromatic nitrogens is 3. The summed E-state index contributed by atoms with van der Waals surface area (Å²) in [5.74, 6) is 1.42. The molecule has 2 heterocycles. The number of pyridine rings is 1. The molecule has 3 aromatic rings. The van der Waals surface area contributed by atoms with Crippen molar-refractivity contribution in [2.75, 3.05) is 11.9 Å². The van der Waals surface area contributed by atoms with E-state index in [1.54, 1.807) is 0 Å². The number of aryl methyl sites for hydroxylation is 1. The van der Waals surface area contributed by atoms with E-state index in [-0.39, 0.29) is 18.5 Å². The van der Waals surface area contributed by atoms with Crippen molar-refractivity contribution < 1.29 is 4.79 Å². The van der Waals surface area contributed by atoms with Crippen LogP contribution in [0.1, 0.15) is 68.4 Å². The lowest BCUT2D eigenvalue weighted by molar-refractivity contribution is -0.115. The molecule has 1 saturated carbocycles. The maximum atomic E-state index is 12.9. The Balaban J connectivity index is 1.50. The Morgan fingerprint density at radius 3 is 2.56 bits per heavy atom. The number of hydrogen-bond donors (Lipinski definition) is 2. The van der Waals surface area contributed by atoms with Gasteiger partial charge in [0.05, 0.1) is 29.7 Å². The standard InChI is InChI=1S/C26H33N5O/c1-18(2)25(26-19(3)10-9-15-27-26)28-17-24(32)29-23-16-22(20-11-7-8-12-20)30-31(23)21-13-5-4-6-14-21/h4-6,9-10,13-16,18,20,25,28H,7-8,11-12,17H2,1-3H3,(H,29,32). The summed E-state index contributed by atoms with van der Waals surface area (Å²) in [5.41, 5.74) is 4.14. The zero-order chi connectivity index (χ0) is 22.5. The van der Waals surface area contributed by atoms with E-state index in [2.05, 4.69) is 42.5 Å². The zero-order valence-electron chi connectivity index (χ0n) is 19.2. The maximum absolute atomic E-state index is 12.9. The third-order valence-corrected chi connectivity index (χ3v) is 6.26. The second-order valence-corrected chi connectivity index (χ2v) is 9.04. The number of hydrogen-bond acceptors (Lipinski definition) is 4. The molecule has 1 unspecified atom stereocenters. The SMILES string of the molecule is Cc1cccnc1C(NCC(=O)Nc1cc(C2CCCC2)nn1-c1ccccc1)C(C)C. The van der Waals surface area contributed by atoms with Crippen LogP contribution in [0.4, 0.5) is 5.82 Å². The minimum atomic E-state index is -0.0840. The number of nitrogens with zero attached hydrogens (tertiary/aromatic N) is 3. The Labute approximate surface area is 190 Å². The molecule has 0 aliphatic heterocycles. The van der Waals surface area contributed by atoms with Crippen LogP contribution < -0.4 is 10.6 Å². The first-order valence-electron chi connectivity index (χ1n) is 11.6. The number of nitrogens with one attached hydrogen (secondary N) is 2. The highest BCUT2D eigenvalue weighted by molar-refractivity contribution is 5.91. The summed E-state index contributed by atoms with van der Waals surface area (Å²) < 4.78 is 1.86. The Bertz CT molecular complexity index is 1040. The number of benzene rings is 1. The third-order valence-electron chi connectivity index (χ3n) is 6.26. The lowest BCUT2D eigenvalue weighted by Gasteiger charge is -2.23. The van der Waals surface area contributed by atoms with Crippen LogP contribution >= 0.6 is 0 Å². The van der Waals surface area contributed by atoms with Crippen LogP contribution in [0.5, 0.6) is 0 Å². The molecule has 168 valence electrons. The molecule has 4 rings (SSSR count). The van der Waals surface area contributed by atoms with Crippen LogP contribution in [0.25, 0.3) is 5.69 Å². The average molecular weight is 432 g/mol. The van der Waals surface area contributed by atoms with E-state index >= 15 is 0 Å². The van der Waals surface area contributed by atoms with Crippen LogP contribution in [0.3, 0.4) is 0 Å². The van der Waals surface area contributed by atoms with E-state index in [0.717, 1.165) is 28.5 Å². The minimum absolute atomic E-state index is 0.00929. The minimum Gasteiger partial charge on any atom is -0.309 e. The first kappa shape index (κ1) is 22.2. The largest absolute Gasteiger partial charge is 0.309 e. The van der Waals surface area contributed by atoms with E-state index in [1.165, 1.54) is 25.7 Å². The number of rotatable bonds is 8. The number of anilines is 1. The summed E-state index contributed by atoms with van der Waals surface area (Å²) in [4.78, 5) is 17.5. The molecule has 1 aliphatic rings. The molecule has 1 atom stereocenters. The van der Waals surface area contributed by atoms with Gasteiger partial charge in [-0.05, 0) is 49.4 Å². The summed E-state index contributed by atoms with van der Waals surface area (Å²) in [7, 11) is 0. The maximum Gasteiger partial charge on any atom is 0.239 e. The van der Waals surface area contributed by atoms with E-state index in [0.29, 0.717) is 11.8 Å². The summed E-state index contributed by atoms with van der Waals surface area (Å²) in [6.45, 7) is 6.55. The monoisotopic (exact) mass is 431 g/mol. The number of para-hydroxylation sites is 1. The van der Waals surface area contributed by atoms with Gasteiger partial charge in [0.15, 0.2) is 0 Å². The Hall–Kier alpha value is -2.99. The topological polar surface area (TPSA) is 71.8 Å². The molecule has 1 aliphatic carbocycles. The normalized spacial score (nSPS) is 15.2. The molecule has 6 heteroatoms. The van der Waals surface area contributed by atoms with Crippen molar-refractivity contribution in [1.29, 1.82) is 0 Å². The van der Waals surface area contributed by atoms with Crippen molar-refractivity contribution >= 4 is 11.7 Å². The number of carbonyl (C=O) groups is 1. The molecule has 1 amide bonds. The van der Waals surface area contributed by atoms with Crippen LogP contribution in [-0.4, -0.2) is 27.2 Å². The average Bonchev–Trinajstić information content (AvgIpc) is 3.46. The van der Waals surface area contributed by atoms with Gasteiger partial charge in [0.25, 0.3) is 0 Å². The van der Waals surface area contributed by atoms with Crippen molar-refractivity contribution in [3.05, 3.63) is 71.7 Å². The third kappa shape index (κ3) is 5.07. The molecule has 0 bridgehead atoms. The van der Waals surface area contributed by atoms with Crippen molar-refractivity contribution in [2.45, 2.75) is 58.4 Å². The fourth-order valence-electron chi connectivity index (χ4n) is 4.54. The van der Waals surface area contributed by atoms with Gasteiger partial charge >= 0.3 is 0 Å². The van der Waals surface area contributed by atoms with E-state index in [9.17, 15) is 4.79 Å². The molecule has 1 aromatic carbocycles. The van der Waals surface area contributed by atoms with Crippen molar-refractivity contribution in [1.82, 2.24) is 20.1 Å². The van der Waals surface area contributed by atoms with E-state index < -0.39 is 0 Å². The van der Waals surface area contributed by atoms with Gasteiger partial charge in [-0.3, -0.25) is 15.1 Å². The van der Waals surface area contributed by atoms with Crippen molar-refractivity contribution in [2.24, 2.45) is 5.92 Å². The highest BCUT2D eigenvalue weighted by Gasteiger charge is 2.23. The van der Waals surface area contributed by atoms with Crippen LogP contribution in [0.15, 0.2) is 54.7 Å². The number of amides is 1. The molecule has 0 saturated heterocycles.